The summed E-state index contributed by atoms with van der Waals surface area (Å²) in [6, 6.07) is 12.0. The second-order valence-corrected chi connectivity index (χ2v) is 6.61. The van der Waals surface area contributed by atoms with Gasteiger partial charge in [-0.3, -0.25) is 14.9 Å². The van der Waals surface area contributed by atoms with Crippen LogP contribution in [0.25, 0.3) is 0 Å². The van der Waals surface area contributed by atoms with Crippen LogP contribution in [-0.4, -0.2) is 29.4 Å². The molecule has 0 saturated heterocycles. The van der Waals surface area contributed by atoms with Gasteiger partial charge in [-0.2, -0.15) is 0 Å². The second-order valence-electron chi connectivity index (χ2n) is 6.61. The molecule has 0 saturated carbocycles. The molecule has 26 heavy (non-hydrogen) atoms. The number of hydrogen-bond acceptors (Lipinski definition) is 4. The maximum Gasteiger partial charge on any atom is 0.269 e. The van der Waals surface area contributed by atoms with Crippen molar-refractivity contribution in [2.24, 2.45) is 0 Å². The SMILES string of the molecule is C[C@H](c1cccc([N+](=O)[O-])c1)N(C)C(=O)COc1ccc2c(c1)CCC2. The van der Waals surface area contributed by atoms with E-state index in [9.17, 15) is 14.9 Å². The number of likely N-dealkylation sites (N-methyl/N-ethyl adjacent to an activating group) is 1. The molecule has 0 heterocycles. The van der Waals surface area contributed by atoms with Gasteiger partial charge in [-0.15, -0.1) is 0 Å². The van der Waals surface area contributed by atoms with Crippen LogP contribution >= 0.6 is 0 Å². The van der Waals surface area contributed by atoms with Gasteiger partial charge in [-0.05, 0) is 55.0 Å². The van der Waals surface area contributed by atoms with E-state index in [1.165, 1.54) is 29.7 Å². The van der Waals surface area contributed by atoms with Crippen LogP contribution in [0.1, 0.15) is 36.1 Å². The smallest absolute Gasteiger partial charge is 0.269 e. The van der Waals surface area contributed by atoms with Gasteiger partial charge in [0, 0.05) is 19.2 Å². The zero-order valence-corrected chi connectivity index (χ0v) is 15.0. The number of nitro groups is 1. The van der Waals surface area contributed by atoms with Crippen LogP contribution in [0.2, 0.25) is 0 Å². The Balaban J connectivity index is 1.62. The van der Waals surface area contributed by atoms with Crippen LogP contribution in [0, 0.1) is 10.1 Å². The van der Waals surface area contributed by atoms with Crippen molar-refractivity contribution in [1.82, 2.24) is 4.90 Å². The Bertz CT molecular complexity index is 834. The number of ether oxygens (including phenoxy) is 1. The van der Waals surface area contributed by atoms with Gasteiger partial charge in [0.15, 0.2) is 6.61 Å². The van der Waals surface area contributed by atoms with E-state index in [0.29, 0.717) is 11.3 Å². The van der Waals surface area contributed by atoms with Crippen LogP contribution in [0.15, 0.2) is 42.5 Å². The normalized spacial score (nSPS) is 13.8. The molecule has 0 unspecified atom stereocenters. The molecule has 1 aliphatic rings. The summed E-state index contributed by atoms with van der Waals surface area (Å²) in [6.07, 6.45) is 3.34. The van der Waals surface area contributed by atoms with Gasteiger partial charge in [-0.1, -0.05) is 18.2 Å². The molecule has 0 aromatic heterocycles. The molecule has 3 rings (SSSR count). The number of nitro benzene ring substituents is 1. The summed E-state index contributed by atoms with van der Waals surface area (Å²) in [5.41, 5.74) is 3.39. The lowest BCUT2D eigenvalue weighted by Gasteiger charge is -2.25. The van der Waals surface area contributed by atoms with Crippen molar-refractivity contribution in [3.63, 3.8) is 0 Å². The average Bonchev–Trinajstić information content (AvgIpc) is 3.12. The van der Waals surface area contributed by atoms with Crippen molar-refractivity contribution in [2.45, 2.75) is 32.2 Å². The Hall–Kier alpha value is -2.89. The van der Waals surface area contributed by atoms with Crippen molar-refractivity contribution in [3.05, 3.63) is 69.3 Å². The summed E-state index contributed by atoms with van der Waals surface area (Å²) < 4.78 is 5.66. The van der Waals surface area contributed by atoms with E-state index in [-0.39, 0.29) is 24.2 Å². The Morgan fingerprint density at radius 3 is 2.77 bits per heavy atom. The molecule has 6 heteroatoms. The minimum atomic E-state index is -0.436. The van der Waals surface area contributed by atoms with Crippen LogP contribution in [0.4, 0.5) is 5.69 Å². The lowest BCUT2D eigenvalue weighted by molar-refractivity contribution is -0.384. The highest BCUT2D eigenvalue weighted by Crippen LogP contribution is 2.26. The number of hydrogen-bond donors (Lipinski definition) is 0. The molecular weight excluding hydrogens is 332 g/mol. The molecule has 0 spiro atoms. The minimum Gasteiger partial charge on any atom is -0.484 e. The molecular formula is C20H22N2O4. The summed E-state index contributed by atoms with van der Waals surface area (Å²) in [4.78, 5) is 24.5. The Kier molecular flexibility index (Phi) is 5.21. The molecule has 136 valence electrons. The first-order chi connectivity index (χ1) is 12.5. The number of benzene rings is 2. The van der Waals surface area contributed by atoms with Crippen molar-refractivity contribution in [2.75, 3.05) is 13.7 Å². The van der Waals surface area contributed by atoms with Gasteiger partial charge >= 0.3 is 0 Å². The highest BCUT2D eigenvalue weighted by atomic mass is 16.6. The van der Waals surface area contributed by atoms with Crippen molar-refractivity contribution in [3.8, 4) is 5.75 Å². The molecule has 0 bridgehead atoms. The molecule has 1 aliphatic carbocycles. The molecule has 2 aromatic rings. The van der Waals surface area contributed by atoms with Gasteiger partial charge in [0.2, 0.25) is 0 Å². The Morgan fingerprint density at radius 2 is 2.00 bits per heavy atom. The third-order valence-electron chi connectivity index (χ3n) is 4.97. The van der Waals surface area contributed by atoms with E-state index in [1.807, 2.05) is 19.1 Å². The fraction of sp³-hybridized carbons (Fsp3) is 0.350. The Morgan fingerprint density at radius 1 is 1.23 bits per heavy atom. The van der Waals surface area contributed by atoms with Crippen LogP contribution in [0.3, 0.4) is 0 Å². The first-order valence-electron chi connectivity index (χ1n) is 8.70. The fourth-order valence-corrected chi connectivity index (χ4v) is 3.22. The van der Waals surface area contributed by atoms with Gasteiger partial charge in [-0.25, -0.2) is 0 Å². The van der Waals surface area contributed by atoms with Crippen molar-refractivity contribution >= 4 is 11.6 Å². The van der Waals surface area contributed by atoms with E-state index >= 15 is 0 Å². The minimum absolute atomic E-state index is 0.0181. The zero-order valence-electron chi connectivity index (χ0n) is 15.0. The fourth-order valence-electron chi connectivity index (χ4n) is 3.22. The van der Waals surface area contributed by atoms with Crippen LogP contribution < -0.4 is 4.74 Å². The van der Waals surface area contributed by atoms with E-state index < -0.39 is 4.92 Å². The molecule has 1 amide bonds. The third-order valence-corrected chi connectivity index (χ3v) is 4.97. The molecule has 0 radical (unpaired) electrons. The number of fused-ring (bicyclic) bond motifs is 1. The highest BCUT2D eigenvalue weighted by molar-refractivity contribution is 5.78. The number of rotatable bonds is 6. The first-order valence-corrected chi connectivity index (χ1v) is 8.70. The number of amides is 1. The molecule has 0 N–H and O–H groups in total. The van der Waals surface area contributed by atoms with E-state index in [2.05, 4.69) is 6.07 Å². The van der Waals surface area contributed by atoms with Crippen LogP contribution in [-0.2, 0) is 17.6 Å². The monoisotopic (exact) mass is 354 g/mol. The van der Waals surface area contributed by atoms with Gasteiger partial charge < -0.3 is 9.64 Å². The third kappa shape index (κ3) is 3.85. The number of nitrogens with zero attached hydrogens (tertiary/aromatic N) is 2. The maximum atomic E-state index is 12.5. The lowest BCUT2D eigenvalue weighted by atomic mass is 10.1. The number of aryl methyl sites for hydroxylation is 2. The molecule has 0 fully saturated rings. The second kappa shape index (κ2) is 7.56. The van der Waals surface area contributed by atoms with Crippen molar-refractivity contribution < 1.29 is 14.5 Å². The topological polar surface area (TPSA) is 72.7 Å². The number of non-ortho nitro benzene ring substituents is 1. The standard InChI is InChI=1S/C20H22N2O4/c1-14(16-6-4-8-18(11-16)22(24)25)21(2)20(23)13-26-19-10-9-15-5-3-7-17(15)12-19/h4,6,8-12,14H,3,5,7,13H2,1-2H3/t14-/m1/s1. The maximum absolute atomic E-state index is 12.5. The quantitative estimate of drug-likeness (QED) is 0.586. The average molecular weight is 354 g/mol. The van der Waals surface area contributed by atoms with Gasteiger partial charge in [0.1, 0.15) is 5.75 Å². The molecule has 1 atom stereocenters. The van der Waals surface area contributed by atoms with E-state index in [4.69, 9.17) is 4.74 Å². The van der Waals surface area contributed by atoms with Gasteiger partial charge in [0.05, 0.1) is 11.0 Å². The largest absolute Gasteiger partial charge is 0.484 e. The summed E-state index contributed by atoms with van der Waals surface area (Å²) >= 11 is 0. The van der Waals surface area contributed by atoms with E-state index in [0.717, 1.165) is 12.8 Å². The number of carbonyl (C=O) groups excluding carboxylic acids is 1. The van der Waals surface area contributed by atoms with Crippen molar-refractivity contribution in [1.29, 1.82) is 0 Å². The summed E-state index contributed by atoms with van der Waals surface area (Å²) in [5.74, 6) is 0.528. The van der Waals surface area contributed by atoms with E-state index in [1.54, 1.807) is 24.1 Å². The summed E-state index contributed by atoms with van der Waals surface area (Å²) in [6.45, 7) is 1.78. The first kappa shape index (κ1) is 17.9. The molecule has 0 aliphatic heterocycles. The number of carbonyl (C=O) groups is 1. The predicted molar refractivity (Wildman–Crippen MR) is 98.2 cm³/mol. The predicted octanol–water partition coefficient (Wildman–Crippen LogP) is 3.68. The molecule has 6 nitrogen and oxygen atoms in total. The zero-order chi connectivity index (χ0) is 18.7. The van der Waals surface area contributed by atoms with Gasteiger partial charge in [0.25, 0.3) is 11.6 Å². The summed E-state index contributed by atoms with van der Waals surface area (Å²) in [7, 11) is 1.68. The molecule has 2 aromatic carbocycles. The Labute approximate surface area is 152 Å². The highest BCUT2D eigenvalue weighted by Gasteiger charge is 2.20. The van der Waals surface area contributed by atoms with Crippen LogP contribution in [0.5, 0.6) is 5.75 Å². The summed E-state index contributed by atoms with van der Waals surface area (Å²) in [5, 5.41) is 10.9. The lowest BCUT2D eigenvalue weighted by Crippen LogP contribution is -2.33.